The summed E-state index contributed by atoms with van der Waals surface area (Å²) in [6.45, 7) is 2.93. The molecule has 0 spiro atoms. The largest absolute Gasteiger partial charge is 0.299 e. The molecule has 1 aliphatic rings. The van der Waals surface area contributed by atoms with E-state index < -0.39 is 0 Å². The highest BCUT2D eigenvalue weighted by atomic mass is 32.1. The summed E-state index contributed by atoms with van der Waals surface area (Å²) in [6, 6.07) is 8.81. The number of amides is 2. The quantitative estimate of drug-likeness (QED) is 0.486. The molecule has 3 heterocycles. The van der Waals surface area contributed by atoms with Gasteiger partial charge < -0.3 is 0 Å². The molecule has 2 amide bonds. The monoisotopic (exact) mass is 381 g/mol. The average Bonchev–Trinajstić information content (AvgIpc) is 3.22. The maximum absolute atomic E-state index is 12.6. The van der Waals surface area contributed by atoms with Gasteiger partial charge in [0.05, 0.1) is 22.8 Å². The van der Waals surface area contributed by atoms with Crippen LogP contribution in [0.3, 0.4) is 0 Å². The van der Waals surface area contributed by atoms with Gasteiger partial charge in [0.25, 0.3) is 17.4 Å². The average molecular weight is 381 g/mol. The molecule has 1 aliphatic heterocycles. The third-order valence-electron chi connectivity index (χ3n) is 4.83. The van der Waals surface area contributed by atoms with Gasteiger partial charge in [-0.3, -0.25) is 23.9 Å². The van der Waals surface area contributed by atoms with Crippen LogP contribution in [0, 0.1) is 0 Å². The number of imide groups is 1. The second-order valence-corrected chi connectivity index (χ2v) is 7.66. The number of aryl methyl sites for hydroxylation is 2. The van der Waals surface area contributed by atoms with E-state index in [9.17, 15) is 14.4 Å². The lowest BCUT2D eigenvalue weighted by Gasteiger charge is -2.13. The van der Waals surface area contributed by atoms with Crippen LogP contribution in [0.15, 0.2) is 41.5 Å². The first-order chi connectivity index (χ1) is 13.1. The SMILES string of the molecule is CCc1cc2c(=O)n(CCCCN3C(=O)c4ccccc4C3=O)cnc2s1. The number of nitrogens with zero attached hydrogens (tertiary/aromatic N) is 3. The zero-order valence-electron chi connectivity index (χ0n) is 15.0. The fraction of sp³-hybridized carbons (Fsp3) is 0.300. The normalized spacial score (nSPS) is 13.6. The van der Waals surface area contributed by atoms with Crippen LogP contribution in [0.25, 0.3) is 10.2 Å². The highest BCUT2D eigenvalue weighted by molar-refractivity contribution is 7.18. The van der Waals surface area contributed by atoms with Gasteiger partial charge in [-0.05, 0) is 37.5 Å². The smallest absolute Gasteiger partial charge is 0.262 e. The zero-order chi connectivity index (χ0) is 19.0. The Labute approximate surface area is 160 Å². The van der Waals surface area contributed by atoms with Crippen LogP contribution in [0.4, 0.5) is 0 Å². The Morgan fingerprint density at radius 3 is 2.33 bits per heavy atom. The lowest BCUT2D eigenvalue weighted by atomic mass is 10.1. The van der Waals surface area contributed by atoms with Crippen molar-refractivity contribution in [2.24, 2.45) is 0 Å². The number of fused-ring (bicyclic) bond motifs is 2. The molecule has 0 N–H and O–H groups in total. The topological polar surface area (TPSA) is 72.3 Å². The zero-order valence-corrected chi connectivity index (χ0v) is 15.8. The van der Waals surface area contributed by atoms with Crippen molar-refractivity contribution in [1.29, 1.82) is 0 Å². The van der Waals surface area contributed by atoms with E-state index in [0.717, 1.165) is 16.1 Å². The molecule has 27 heavy (non-hydrogen) atoms. The van der Waals surface area contributed by atoms with Gasteiger partial charge in [0.15, 0.2) is 0 Å². The first kappa shape index (κ1) is 17.6. The molecule has 2 aromatic heterocycles. The van der Waals surface area contributed by atoms with E-state index in [1.54, 1.807) is 46.5 Å². The molecule has 0 saturated carbocycles. The van der Waals surface area contributed by atoms with Gasteiger partial charge in [0.1, 0.15) is 4.83 Å². The second kappa shape index (κ2) is 7.08. The minimum Gasteiger partial charge on any atom is -0.299 e. The number of thiophene rings is 1. The second-order valence-electron chi connectivity index (χ2n) is 6.54. The summed E-state index contributed by atoms with van der Waals surface area (Å²) >= 11 is 1.55. The molecule has 0 bridgehead atoms. The number of aromatic nitrogens is 2. The Kier molecular flexibility index (Phi) is 4.61. The maximum Gasteiger partial charge on any atom is 0.262 e. The summed E-state index contributed by atoms with van der Waals surface area (Å²) in [4.78, 5) is 44.9. The lowest BCUT2D eigenvalue weighted by Crippen LogP contribution is -2.31. The summed E-state index contributed by atoms with van der Waals surface area (Å²) in [5, 5.41) is 0.666. The minimum atomic E-state index is -0.235. The van der Waals surface area contributed by atoms with E-state index in [1.165, 1.54) is 4.90 Å². The third kappa shape index (κ3) is 3.08. The van der Waals surface area contributed by atoms with Gasteiger partial charge in [0, 0.05) is 18.0 Å². The van der Waals surface area contributed by atoms with E-state index in [4.69, 9.17) is 0 Å². The Morgan fingerprint density at radius 2 is 1.67 bits per heavy atom. The highest BCUT2D eigenvalue weighted by Gasteiger charge is 2.34. The molecule has 4 rings (SSSR count). The van der Waals surface area contributed by atoms with Crippen LogP contribution in [0.2, 0.25) is 0 Å². The molecular weight excluding hydrogens is 362 g/mol. The molecule has 138 valence electrons. The van der Waals surface area contributed by atoms with E-state index >= 15 is 0 Å². The first-order valence-corrected chi connectivity index (χ1v) is 9.85. The number of rotatable bonds is 6. The Hall–Kier alpha value is -2.80. The molecule has 0 atom stereocenters. The van der Waals surface area contributed by atoms with Crippen LogP contribution >= 0.6 is 11.3 Å². The number of hydrogen-bond donors (Lipinski definition) is 0. The molecule has 0 radical (unpaired) electrons. The van der Waals surface area contributed by atoms with Crippen molar-refractivity contribution in [3.63, 3.8) is 0 Å². The maximum atomic E-state index is 12.6. The number of carbonyl (C=O) groups is 2. The van der Waals surface area contributed by atoms with Gasteiger partial charge >= 0.3 is 0 Å². The van der Waals surface area contributed by atoms with Crippen molar-refractivity contribution >= 4 is 33.4 Å². The van der Waals surface area contributed by atoms with Gasteiger partial charge in [0.2, 0.25) is 0 Å². The van der Waals surface area contributed by atoms with Crippen LogP contribution in [0.5, 0.6) is 0 Å². The Bertz CT molecular complexity index is 1060. The molecule has 3 aromatic rings. The van der Waals surface area contributed by atoms with Crippen LogP contribution < -0.4 is 5.56 Å². The molecule has 6 nitrogen and oxygen atoms in total. The summed E-state index contributed by atoms with van der Waals surface area (Å²) in [5.41, 5.74) is 0.909. The summed E-state index contributed by atoms with van der Waals surface area (Å²) in [5.74, 6) is -0.470. The van der Waals surface area contributed by atoms with E-state index in [1.807, 2.05) is 6.07 Å². The minimum absolute atomic E-state index is 0.0309. The van der Waals surface area contributed by atoms with Crippen molar-refractivity contribution in [1.82, 2.24) is 14.5 Å². The highest BCUT2D eigenvalue weighted by Crippen LogP contribution is 2.23. The van der Waals surface area contributed by atoms with Crippen molar-refractivity contribution < 1.29 is 9.59 Å². The van der Waals surface area contributed by atoms with Crippen molar-refractivity contribution in [2.75, 3.05) is 6.54 Å². The molecule has 0 fully saturated rings. The Morgan fingerprint density at radius 1 is 1.00 bits per heavy atom. The number of hydrogen-bond acceptors (Lipinski definition) is 5. The Balaban J connectivity index is 1.39. The van der Waals surface area contributed by atoms with Crippen molar-refractivity contribution in [3.05, 3.63) is 63.0 Å². The molecule has 7 heteroatoms. The fourth-order valence-corrected chi connectivity index (χ4v) is 4.26. The molecule has 0 unspecified atom stereocenters. The fourth-order valence-electron chi connectivity index (χ4n) is 3.34. The van der Waals surface area contributed by atoms with E-state index in [2.05, 4.69) is 11.9 Å². The standard InChI is InChI=1S/C20H19N3O3S/c1-2-13-11-16-17(27-13)21-12-22(18(16)24)9-5-6-10-23-19(25)14-7-3-4-8-15(14)20(23)26/h3-4,7-8,11-12H,2,5-6,9-10H2,1H3. The third-order valence-corrected chi connectivity index (χ3v) is 6.01. The summed E-state index contributed by atoms with van der Waals surface area (Å²) in [6.07, 6.45) is 3.80. The van der Waals surface area contributed by atoms with Gasteiger partial charge in [-0.2, -0.15) is 0 Å². The summed E-state index contributed by atoms with van der Waals surface area (Å²) in [7, 11) is 0. The predicted octanol–water partition coefficient (Wildman–Crippen LogP) is 3.10. The van der Waals surface area contributed by atoms with E-state index in [0.29, 0.717) is 42.4 Å². The van der Waals surface area contributed by atoms with Crippen LogP contribution in [-0.2, 0) is 13.0 Å². The van der Waals surface area contributed by atoms with E-state index in [-0.39, 0.29) is 17.4 Å². The van der Waals surface area contributed by atoms with Gasteiger partial charge in [-0.1, -0.05) is 19.1 Å². The van der Waals surface area contributed by atoms with Gasteiger partial charge in [-0.15, -0.1) is 11.3 Å². The lowest BCUT2D eigenvalue weighted by molar-refractivity contribution is 0.0651. The molecule has 1 aromatic carbocycles. The van der Waals surface area contributed by atoms with Crippen molar-refractivity contribution in [3.8, 4) is 0 Å². The molecule has 0 saturated heterocycles. The summed E-state index contributed by atoms with van der Waals surface area (Å²) < 4.78 is 1.61. The number of unbranched alkanes of at least 4 members (excludes halogenated alkanes) is 1. The van der Waals surface area contributed by atoms with Crippen LogP contribution in [-0.4, -0.2) is 32.8 Å². The number of carbonyl (C=O) groups excluding carboxylic acids is 2. The molecular formula is C20H19N3O3S. The number of benzene rings is 1. The van der Waals surface area contributed by atoms with Crippen molar-refractivity contribution in [2.45, 2.75) is 32.7 Å². The van der Waals surface area contributed by atoms with Gasteiger partial charge in [-0.25, -0.2) is 4.98 Å². The predicted molar refractivity (Wildman–Crippen MR) is 104 cm³/mol. The van der Waals surface area contributed by atoms with Crippen LogP contribution in [0.1, 0.15) is 45.4 Å². The first-order valence-electron chi connectivity index (χ1n) is 9.03. The molecule has 0 aliphatic carbocycles.